The number of hydrogen-bond donors (Lipinski definition) is 1. The lowest BCUT2D eigenvalue weighted by atomic mass is 10.1. The molecule has 2 aromatic heterocycles. The number of aromatic nitrogens is 2. The van der Waals surface area contributed by atoms with Crippen molar-refractivity contribution >= 4 is 22.9 Å². The number of benzene rings is 2. The van der Waals surface area contributed by atoms with E-state index in [9.17, 15) is 4.79 Å². The zero-order valence-corrected chi connectivity index (χ0v) is 17.1. The van der Waals surface area contributed by atoms with Crippen molar-refractivity contribution < 1.29 is 9.53 Å². The molecule has 0 saturated heterocycles. The van der Waals surface area contributed by atoms with E-state index in [4.69, 9.17) is 9.72 Å². The van der Waals surface area contributed by atoms with Crippen LogP contribution in [0.3, 0.4) is 0 Å². The summed E-state index contributed by atoms with van der Waals surface area (Å²) in [6, 6.07) is 19.5. The number of methoxy groups -OCH3 is 1. The quantitative estimate of drug-likeness (QED) is 0.479. The van der Waals surface area contributed by atoms with Gasteiger partial charge in [-0.15, -0.1) is 11.3 Å². The molecule has 0 aliphatic heterocycles. The monoisotopic (exact) mass is 403 g/mol. The number of thiazole rings is 1. The van der Waals surface area contributed by atoms with Crippen LogP contribution in [0.1, 0.15) is 5.56 Å². The van der Waals surface area contributed by atoms with E-state index in [0.717, 1.165) is 33.4 Å². The first-order valence-electron chi connectivity index (χ1n) is 9.24. The van der Waals surface area contributed by atoms with Crippen LogP contribution in [0.15, 0.2) is 72.2 Å². The maximum atomic E-state index is 12.5. The molecule has 1 amide bonds. The van der Waals surface area contributed by atoms with Crippen LogP contribution in [0.5, 0.6) is 5.75 Å². The lowest BCUT2D eigenvalue weighted by Gasteiger charge is -2.09. The minimum atomic E-state index is -0.0945. The Bertz CT molecular complexity index is 1110. The molecule has 0 aliphatic rings. The summed E-state index contributed by atoms with van der Waals surface area (Å²) in [7, 11) is 1.62. The molecule has 4 aromatic rings. The number of nitrogens with zero attached hydrogens (tertiary/aromatic N) is 2. The second-order valence-corrected chi connectivity index (χ2v) is 7.56. The van der Waals surface area contributed by atoms with Gasteiger partial charge in [0.05, 0.1) is 18.5 Å². The number of hydrogen-bond acceptors (Lipinski definition) is 4. The van der Waals surface area contributed by atoms with Gasteiger partial charge < -0.3 is 14.6 Å². The highest BCUT2D eigenvalue weighted by Gasteiger charge is 2.13. The molecule has 0 saturated carbocycles. The average molecular weight is 404 g/mol. The van der Waals surface area contributed by atoms with Crippen molar-refractivity contribution in [3.63, 3.8) is 0 Å². The molecular weight excluding hydrogens is 382 g/mol. The molecule has 0 spiro atoms. The Morgan fingerprint density at radius 2 is 1.86 bits per heavy atom. The minimum absolute atomic E-state index is 0.0945. The molecule has 0 fully saturated rings. The predicted octanol–water partition coefficient (Wildman–Crippen LogP) is 5.23. The summed E-state index contributed by atoms with van der Waals surface area (Å²) in [4.78, 5) is 17.3. The highest BCUT2D eigenvalue weighted by atomic mass is 32.1. The number of aryl methyl sites for hydroxylation is 1. The van der Waals surface area contributed by atoms with Gasteiger partial charge in [0.15, 0.2) is 0 Å². The van der Waals surface area contributed by atoms with E-state index in [1.807, 2.05) is 47.2 Å². The number of ether oxygens (including phenoxy) is 1. The number of carbonyl (C=O) groups excluding carboxylic acids is 1. The fraction of sp³-hybridized carbons (Fsp3) is 0.130. The molecule has 0 atom stereocenters. The first-order valence-corrected chi connectivity index (χ1v) is 10.1. The molecule has 6 heteroatoms. The van der Waals surface area contributed by atoms with Crippen LogP contribution in [-0.2, 0) is 11.3 Å². The number of nitrogens with one attached hydrogen (secondary N) is 1. The van der Waals surface area contributed by atoms with Crippen LogP contribution in [-0.4, -0.2) is 22.6 Å². The molecule has 0 radical (unpaired) electrons. The fourth-order valence-corrected chi connectivity index (χ4v) is 3.89. The first-order chi connectivity index (χ1) is 14.1. The summed E-state index contributed by atoms with van der Waals surface area (Å²) < 4.78 is 7.05. The van der Waals surface area contributed by atoms with E-state index in [1.165, 1.54) is 5.56 Å². The zero-order chi connectivity index (χ0) is 20.2. The van der Waals surface area contributed by atoms with Crippen molar-refractivity contribution in [1.29, 1.82) is 0 Å². The van der Waals surface area contributed by atoms with E-state index in [-0.39, 0.29) is 12.5 Å². The van der Waals surface area contributed by atoms with Gasteiger partial charge in [-0.25, -0.2) is 4.98 Å². The van der Waals surface area contributed by atoms with Gasteiger partial charge in [-0.05, 0) is 43.3 Å². The average Bonchev–Trinajstić information content (AvgIpc) is 3.38. The number of anilines is 1. The zero-order valence-electron chi connectivity index (χ0n) is 16.3. The van der Waals surface area contributed by atoms with Gasteiger partial charge in [-0.3, -0.25) is 4.79 Å². The number of rotatable bonds is 6. The maximum Gasteiger partial charge on any atom is 0.244 e. The lowest BCUT2D eigenvalue weighted by molar-refractivity contribution is -0.116. The van der Waals surface area contributed by atoms with Gasteiger partial charge in [-0.2, -0.15) is 0 Å². The summed E-state index contributed by atoms with van der Waals surface area (Å²) >= 11 is 1.58. The van der Waals surface area contributed by atoms with Gasteiger partial charge in [-0.1, -0.05) is 29.8 Å². The fourth-order valence-electron chi connectivity index (χ4n) is 3.02. The normalized spacial score (nSPS) is 10.7. The second kappa shape index (κ2) is 8.32. The summed E-state index contributed by atoms with van der Waals surface area (Å²) in [6.07, 6.45) is 1.90. The van der Waals surface area contributed by atoms with Crippen LogP contribution >= 0.6 is 11.3 Å². The standard InChI is InChI=1S/C23H21N3O2S/c1-16-5-7-17(8-6-16)20-15-29-23(25-20)21-4-3-13-26(21)14-22(27)24-18-9-11-19(28-2)12-10-18/h3-13,15H,14H2,1-2H3,(H,24,27). The molecule has 29 heavy (non-hydrogen) atoms. The summed E-state index contributed by atoms with van der Waals surface area (Å²) in [5.41, 5.74) is 4.92. The Balaban J connectivity index is 1.48. The molecule has 0 aliphatic carbocycles. The molecule has 2 heterocycles. The predicted molar refractivity (Wildman–Crippen MR) is 117 cm³/mol. The van der Waals surface area contributed by atoms with E-state index in [1.54, 1.807) is 18.4 Å². The van der Waals surface area contributed by atoms with Crippen molar-refractivity contribution in [2.24, 2.45) is 0 Å². The summed E-state index contributed by atoms with van der Waals surface area (Å²) in [5, 5.41) is 5.86. The third-order valence-corrected chi connectivity index (χ3v) is 5.45. The summed E-state index contributed by atoms with van der Waals surface area (Å²) in [6.45, 7) is 2.29. The molecule has 5 nitrogen and oxygen atoms in total. The van der Waals surface area contributed by atoms with Crippen molar-refractivity contribution in [3.8, 4) is 27.7 Å². The molecule has 2 aromatic carbocycles. The van der Waals surface area contributed by atoms with Gasteiger partial charge in [0.25, 0.3) is 0 Å². The minimum Gasteiger partial charge on any atom is -0.497 e. The first kappa shape index (κ1) is 19.0. The topological polar surface area (TPSA) is 56.1 Å². The van der Waals surface area contributed by atoms with E-state index < -0.39 is 0 Å². The van der Waals surface area contributed by atoms with Crippen LogP contribution < -0.4 is 10.1 Å². The Morgan fingerprint density at radius 1 is 1.10 bits per heavy atom. The SMILES string of the molecule is COc1ccc(NC(=O)Cn2cccc2-c2nc(-c3ccc(C)cc3)cs2)cc1. The molecule has 0 bridgehead atoms. The molecule has 1 N–H and O–H groups in total. The highest BCUT2D eigenvalue weighted by molar-refractivity contribution is 7.13. The van der Waals surface area contributed by atoms with Gasteiger partial charge in [0.2, 0.25) is 5.91 Å². The van der Waals surface area contributed by atoms with Crippen molar-refractivity contribution in [1.82, 2.24) is 9.55 Å². The van der Waals surface area contributed by atoms with Crippen LogP contribution in [0.2, 0.25) is 0 Å². The lowest BCUT2D eigenvalue weighted by Crippen LogP contribution is -2.18. The van der Waals surface area contributed by atoms with E-state index >= 15 is 0 Å². The third kappa shape index (κ3) is 4.38. The molecule has 0 unspecified atom stereocenters. The third-order valence-electron chi connectivity index (χ3n) is 4.59. The Hall–Kier alpha value is -3.38. The van der Waals surface area contributed by atoms with Gasteiger partial charge in [0.1, 0.15) is 17.3 Å². The highest BCUT2D eigenvalue weighted by Crippen LogP contribution is 2.29. The largest absolute Gasteiger partial charge is 0.497 e. The molecular formula is C23H21N3O2S. The van der Waals surface area contributed by atoms with Gasteiger partial charge in [0, 0.05) is 22.8 Å². The van der Waals surface area contributed by atoms with Crippen molar-refractivity contribution in [2.45, 2.75) is 13.5 Å². The molecule has 146 valence electrons. The smallest absolute Gasteiger partial charge is 0.244 e. The molecule has 4 rings (SSSR count). The van der Waals surface area contributed by atoms with E-state index in [0.29, 0.717) is 0 Å². The Kier molecular flexibility index (Phi) is 5.44. The Labute approximate surface area is 173 Å². The van der Waals surface area contributed by atoms with Crippen LogP contribution in [0, 0.1) is 6.92 Å². The van der Waals surface area contributed by atoms with Crippen molar-refractivity contribution in [2.75, 3.05) is 12.4 Å². The second-order valence-electron chi connectivity index (χ2n) is 6.70. The number of amides is 1. The van der Waals surface area contributed by atoms with E-state index in [2.05, 4.69) is 41.9 Å². The van der Waals surface area contributed by atoms with Gasteiger partial charge >= 0.3 is 0 Å². The van der Waals surface area contributed by atoms with Crippen molar-refractivity contribution in [3.05, 3.63) is 77.8 Å². The number of carbonyl (C=O) groups is 1. The Morgan fingerprint density at radius 3 is 2.59 bits per heavy atom. The van der Waals surface area contributed by atoms with Crippen LogP contribution in [0.4, 0.5) is 5.69 Å². The maximum absolute atomic E-state index is 12.5. The summed E-state index contributed by atoms with van der Waals surface area (Å²) in [5.74, 6) is 0.659. The van der Waals surface area contributed by atoms with Crippen LogP contribution in [0.25, 0.3) is 22.0 Å².